The van der Waals surface area contributed by atoms with E-state index in [4.69, 9.17) is 9.98 Å². The minimum absolute atomic E-state index is 0. The zero-order valence-electron chi connectivity index (χ0n) is 19.3. The third kappa shape index (κ3) is 6.93. The van der Waals surface area contributed by atoms with Gasteiger partial charge in [-0.2, -0.15) is 0 Å². The molecular formula is C22H38IN7OS. The smallest absolute Gasteiger partial charge is 0.236 e. The summed E-state index contributed by atoms with van der Waals surface area (Å²) in [6, 6.07) is 0. The molecule has 32 heavy (non-hydrogen) atoms. The van der Waals surface area contributed by atoms with Gasteiger partial charge in [-0.1, -0.05) is 0 Å². The van der Waals surface area contributed by atoms with E-state index in [9.17, 15) is 4.79 Å². The standard InChI is InChI=1S/C22H37N7OS.HI/c1-2-23-21(24-8-7-19-18-31-22(25-19)29-11-5-6-12-29)28-15-13-26(14-16-28)17-20(30)27-9-3-4-10-27;/h18H,2-17H2,1H3,(H,23,24);1H. The molecular weight excluding hydrogens is 537 g/mol. The van der Waals surface area contributed by atoms with Gasteiger partial charge in [-0.15, -0.1) is 35.3 Å². The topological polar surface area (TPSA) is 67.3 Å². The van der Waals surface area contributed by atoms with E-state index in [2.05, 4.69) is 32.3 Å². The van der Waals surface area contributed by atoms with Crippen molar-refractivity contribution in [2.24, 2.45) is 4.99 Å². The number of hydrogen-bond donors (Lipinski definition) is 1. The third-order valence-corrected chi connectivity index (χ3v) is 7.32. The Hall–Kier alpha value is -1.14. The first kappa shape index (κ1) is 25.5. The average molecular weight is 576 g/mol. The third-order valence-electron chi connectivity index (χ3n) is 6.37. The molecule has 0 radical (unpaired) electrons. The Labute approximate surface area is 213 Å². The molecule has 180 valence electrons. The highest BCUT2D eigenvalue weighted by molar-refractivity contribution is 14.0. The Morgan fingerprint density at radius 2 is 1.72 bits per heavy atom. The molecule has 3 aliphatic heterocycles. The first-order valence-corrected chi connectivity index (χ1v) is 12.8. The minimum atomic E-state index is 0. The van der Waals surface area contributed by atoms with E-state index < -0.39 is 0 Å². The predicted octanol–water partition coefficient (Wildman–Crippen LogP) is 2.11. The number of aliphatic imine (C=N–C) groups is 1. The summed E-state index contributed by atoms with van der Waals surface area (Å²) in [4.78, 5) is 31.1. The fraction of sp³-hybridized carbons (Fsp3) is 0.773. The summed E-state index contributed by atoms with van der Waals surface area (Å²) in [7, 11) is 0. The first-order valence-electron chi connectivity index (χ1n) is 12.0. The van der Waals surface area contributed by atoms with Gasteiger partial charge in [0.1, 0.15) is 0 Å². The maximum Gasteiger partial charge on any atom is 0.236 e. The lowest BCUT2D eigenvalue weighted by atomic mass is 10.3. The molecule has 0 atom stereocenters. The van der Waals surface area contributed by atoms with Crippen molar-refractivity contribution in [3.8, 4) is 0 Å². The number of likely N-dealkylation sites (tertiary alicyclic amines) is 1. The van der Waals surface area contributed by atoms with Crippen molar-refractivity contribution in [1.29, 1.82) is 0 Å². The van der Waals surface area contributed by atoms with Gasteiger partial charge in [0.2, 0.25) is 5.91 Å². The number of nitrogens with one attached hydrogen (secondary N) is 1. The number of carbonyl (C=O) groups excluding carboxylic acids is 1. The summed E-state index contributed by atoms with van der Waals surface area (Å²) in [5.74, 6) is 1.28. The van der Waals surface area contributed by atoms with Crippen molar-refractivity contribution >= 4 is 52.3 Å². The molecule has 4 rings (SSSR count). The molecule has 0 aromatic carbocycles. The molecule has 0 spiro atoms. The zero-order chi connectivity index (χ0) is 21.5. The molecule has 0 bridgehead atoms. The van der Waals surface area contributed by atoms with Crippen LogP contribution in [0.4, 0.5) is 5.13 Å². The quantitative estimate of drug-likeness (QED) is 0.306. The highest BCUT2D eigenvalue weighted by Gasteiger charge is 2.24. The molecule has 0 aliphatic carbocycles. The van der Waals surface area contributed by atoms with Gasteiger partial charge in [0, 0.05) is 77.2 Å². The van der Waals surface area contributed by atoms with Crippen LogP contribution in [0.15, 0.2) is 10.4 Å². The van der Waals surface area contributed by atoms with Gasteiger partial charge in [0.25, 0.3) is 0 Å². The number of halogens is 1. The van der Waals surface area contributed by atoms with E-state index in [0.29, 0.717) is 12.5 Å². The molecule has 1 aromatic rings. The molecule has 3 aliphatic rings. The number of rotatable bonds is 7. The van der Waals surface area contributed by atoms with Crippen molar-refractivity contribution in [3.05, 3.63) is 11.1 Å². The molecule has 10 heteroatoms. The average Bonchev–Trinajstić information content (AvgIpc) is 3.56. The second-order valence-electron chi connectivity index (χ2n) is 8.65. The van der Waals surface area contributed by atoms with E-state index in [1.807, 2.05) is 4.90 Å². The molecule has 1 aromatic heterocycles. The number of guanidine groups is 1. The Kier molecular flexibility index (Phi) is 10.3. The Balaban J connectivity index is 0.00000289. The van der Waals surface area contributed by atoms with Gasteiger partial charge in [-0.25, -0.2) is 4.98 Å². The Morgan fingerprint density at radius 3 is 2.41 bits per heavy atom. The summed E-state index contributed by atoms with van der Waals surface area (Å²) in [6.07, 6.45) is 5.75. The number of anilines is 1. The molecule has 1 N–H and O–H groups in total. The SMILES string of the molecule is CCNC(=NCCc1csc(N2CCCC2)n1)N1CCN(CC(=O)N2CCCC2)CC1.I. The van der Waals surface area contributed by atoms with E-state index in [1.165, 1.54) is 18.0 Å². The molecule has 4 heterocycles. The van der Waals surface area contributed by atoms with Crippen LogP contribution in [0.1, 0.15) is 38.3 Å². The largest absolute Gasteiger partial charge is 0.357 e. The molecule has 0 saturated carbocycles. The second kappa shape index (κ2) is 12.9. The lowest BCUT2D eigenvalue weighted by molar-refractivity contribution is -0.131. The molecule has 1 amide bonds. The fourth-order valence-corrected chi connectivity index (χ4v) is 5.46. The molecule has 8 nitrogen and oxygen atoms in total. The number of hydrogen-bond acceptors (Lipinski definition) is 6. The predicted molar refractivity (Wildman–Crippen MR) is 142 cm³/mol. The van der Waals surface area contributed by atoms with Crippen molar-refractivity contribution in [1.82, 2.24) is 25.0 Å². The Bertz CT molecular complexity index is 738. The summed E-state index contributed by atoms with van der Waals surface area (Å²) in [5.41, 5.74) is 1.15. The van der Waals surface area contributed by atoms with E-state index in [-0.39, 0.29) is 24.0 Å². The van der Waals surface area contributed by atoms with Gasteiger partial charge in [0.15, 0.2) is 11.1 Å². The highest BCUT2D eigenvalue weighted by Crippen LogP contribution is 2.24. The lowest BCUT2D eigenvalue weighted by Crippen LogP contribution is -2.54. The van der Waals surface area contributed by atoms with Crippen LogP contribution < -0.4 is 10.2 Å². The number of aromatic nitrogens is 1. The monoisotopic (exact) mass is 575 g/mol. The van der Waals surface area contributed by atoms with Gasteiger partial charge < -0.3 is 20.0 Å². The van der Waals surface area contributed by atoms with Crippen molar-refractivity contribution in [3.63, 3.8) is 0 Å². The van der Waals surface area contributed by atoms with Gasteiger partial charge >= 0.3 is 0 Å². The van der Waals surface area contributed by atoms with Crippen LogP contribution in [0.3, 0.4) is 0 Å². The van der Waals surface area contributed by atoms with Crippen LogP contribution in [-0.2, 0) is 11.2 Å². The van der Waals surface area contributed by atoms with Crippen LogP contribution in [0.2, 0.25) is 0 Å². The second-order valence-corrected chi connectivity index (χ2v) is 9.49. The summed E-state index contributed by atoms with van der Waals surface area (Å²) in [5, 5.41) is 6.80. The van der Waals surface area contributed by atoms with Crippen LogP contribution in [0.25, 0.3) is 0 Å². The van der Waals surface area contributed by atoms with E-state index >= 15 is 0 Å². The number of thiazole rings is 1. The van der Waals surface area contributed by atoms with Gasteiger partial charge in [0.05, 0.1) is 12.2 Å². The molecule has 3 saturated heterocycles. The van der Waals surface area contributed by atoms with Crippen molar-refractivity contribution in [2.45, 2.75) is 39.0 Å². The normalized spacial score (nSPS) is 20.0. The maximum absolute atomic E-state index is 12.4. The number of carbonyl (C=O) groups is 1. The van der Waals surface area contributed by atoms with Crippen LogP contribution in [0, 0.1) is 0 Å². The number of nitrogens with zero attached hydrogens (tertiary/aromatic N) is 6. The minimum Gasteiger partial charge on any atom is -0.357 e. The van der Waals surface area contributed by atoms with E-state index in [0.717, 1.165) is 96.4 Å². The highest BCUT2D eigenvalue weighted by atomic mass is 127. The van der Waals surface area contributed by atoms with Crippen LogP contribution in [-0.4, -0.2) is 104 Å². The van der Waals surface area contributed by atoms with Crippen molar-refractivity contribution in [2.75, 3.05) is 76.9 Å². The molecule has 0 unspecified atom stereocenters. The van der Waals surface area contributed by atoms with Crippen LogP contribution in [0.5, 0.6) is 0 Å². The summed E-state index contributed by atoms with van der Waals surface area (Å²) < 4.78 is 0. The Morgan fingerprint density at radius 1 is 1.03 bits per heavy atom. The first-order chi connectivity index (χ1) is 15.2. The fourth-order valence-electron chi connectivity index (χ4n) is 4.54. The van der Waals surface area contributed by atoms with Crippen molar-refractivity contribution < 1.29 is 4.79 Å². The number of piperazine rings is 1. The van der Waals surface area contributed by atoms with E-state index in [1.54, 1.807) is 11.3 Å². The van der Waals surface area contributed by atoms with Gasteiger partial charge in [-0.3, -0.25) is 14.7 Å². The van der Waals surface area contributed by atoms with Gasteiger partial charge in [-0.05, 0) is 32.6 Å². The summed E-state index contributed by atoms with van der Waals surface area (Å²) >= 11 is 1.76. The zero-order valence-corrected chi connectivity index (χ0v) is 22.4. The van der Waals surface area contributed by atoms with Crippen LogP contribution >= 0.6 is 35.3 Å². The maximum atomic E-state index is 12.4. The number of amides is 1. The summed E-state index contributed by atoms with van der Waals surface area (Å²) in [6.45, 7) is 12.1. The molecule has 3 fully saturated rings. The lowest BCUT2D eigenvalue weighted by Gasteiger charge is -2.36.